The smallest absolute Gasteiger partial charge is 0.0718 e. The van der Waals surface area contributed by atoms with Crippen LogP contribution in [0.15, 0.2) is 0 Å². The third-order valence-electron chi connectivity index (χ3n) is 3.52. The van der Waals surface area contributed by atoms with Gasteiger partial charge in [-0.1, -0.05) is 26.7 Å². The molecule has 0 aliphatic heterocycles. The summed E-state index contributed by atoms with van der Waals surface area (Å²) in [5.41, 5.74) is 3.39. The van der Waals surface area contributed by atoms with Gasteiger partial charge in [0.15, 0.2) is 0 Å². The first kappa shape index (κ1) is 11.6. The highest BCUT2D eigenvalue weighted by atomic mass is 16.3. The van der Waals surface area contributed by atoms with Crippen LogP contribution in [0.2, 0.25) is 0 Å². The summed E-state index contributed by atoms with van der Waals surface area (Å²) in [6.07, 6.45) is 5.93. The summed E-state index contributed by atoms with van der Waals surface area (Å²) in [5, 5.41) is 14.0. The Morgan fingerprint density at radius 3 is 2.56 bits per heavy atom. The topological polar surface area (TPSA) is 38.0 Å². The Bertz CT molecular complexity index is 353. The summed E-state index contributed by atoms with van der Waals surface area (Å²) in [6, 6.07) is 0. The van der Waals surface area contributed by atoms with E-state index in [1.54, 1.807) is 0 Å². The number of rotatable bonds is 6. The van der Waals surface area contributed by atoms with Gasteiger partial charge in [-0.15, -0.1) is 0 Å². The van der Waals surface area contributed by atoms with Crippen molar-refractivity contribution in [2.24, 2.45) is 5.92 Å². The fourth-order valence-corrected chi connectivity index (χ4v) is 2.35. The number of nitrogens with zero attached hydrogens (tertiary/aromatic N) is 2. The van der Waals surface area contributed by atoms with Gasteiger partial charge in [-0.2, -0.15) is 5.10 Å². The van der Waals surface area contributed by atoms with Crippen LogP contribution >= 0.6 is 0 Å². The first-order valence-corrected chi connectivity index (χ1v) is 6.48. The van der Waals surface area contributed by atoms with Crippen LogP contribution in [0.4, 0.5) is 0 Å². The molecule has 16 heavy (non-hydrogen) atoms. The molecule has 1 N–H and O–H groups in total. The zero-order chi connectivity index (χ0) is 11.5. The number of aryl methyl sites for hydroxylation is 2. The van der Waals surface area contributed by atoms with Crippen molar-refractivity contribution in [2.45, 2.75) is 59.1 Å². The molecule has 1 heterocycles. The zero-order valence-corrected chi connectivity index (χ0v) is 10.4. The van der Waals surface area contributed by atoms with Gasteiger partial charge in [0.25, 0.3) is 0 Å². The summed E-state index contributed by atoms with van der Waals surface area (Å²) in [5.74, 6) is 0.941. The molecule has 0 aromatic carbocycles. The first-order chi connectivity index (χ1) is 7.80. The summed E-state index contributed by atoms with van der Waals surface area (Å²) < 4.78 is 2.13. The molecule has 0 radical (unpaired) electrons. The summed E-state index contributed by atoms with van der Waals surface area (Å²) in [6.45, 7) is 5.41. The number of aliphatic hydroxyl groups is 1. The maximum Gasteiger partial charge on any atom is 0.0718 e. The fourth-order valence-electron chi connectivity index (χ4n) is 2.35. The molecule has 90 valence electrons. The SMILES string of the molecule is CCc1nn(CCC2CC2)c(CC)c1CO. The molecule has 1 fully saturated rings. The lowest BCUT2D eigenvalue weighted by Crippen LogP contribution is -2.06. The Hall–Kier alpha value is -0.830. The normalized spacial score (nSPS) is 15.7. The van der Waals surface area contributed by atoms with Gasteiger partial charge in [0.1, 0.15) is 0 Å². The van der Waals surface area contributed by atoms with Crippen molar-refractivity contribution in [1.82, 2.24) is 9.78 Å². The van der Waals surface area contributed by atoms with Gasteiger partial charge in [0, 0.05) is 17.8 Å². The third kappa shape index (κ3) is 2.29. The van der Waals surface area contributed by atoms with Crippen LogP contribution in [0.25, 0.3) is 0 Å². The number of aliphatic hydroxyl groups excluding tert-OH is 1. The van der Waals surface area contributed by atoms with Gasteiger partial charge in [-0.25, -0.2) is 0 Å². The average molecular weight is 222 g/mol. The summed E-state index contributed by atoms with van der Waals surface area (Å²) in [4.78, 5) is 0. The van der Waals surface area contributed by atoms with Crippen molar-refractivity contribution in [1.29, 1.82) is 0 Å². The van der Waals surface area contributed by atoms with Crippen LogP contribution in [0, 0.1) is 5.92 Å². The molecule has 1 saturated carbocycles. The second-order valence-electron chi connectivity index (χ2n) is 4.69. The Balaban J connectivity index is 2.16. The maximum absolute atomic E-state index is 9.41. The monoisotopic (exact) mass is 222 g/mol. The number of hydrogen-bond acceptors (Lipinski definition) is 2. The number of aromatic nitrogens is 2. The summed E-state index contributed by atoms with van der Waals surface area (Å²) in [7, 11) is 0. The molecule has 3 heteroatoms. The second kappa shape index (κ2) is 5.00. The van der Waals surface area contributed by atoms with Gasteiger partial charge in [-0.3, -0.25) is 4.68 Å². The molecule has 0 unspecified atom stereocenters. The molecule has 1 aliphatic carbocycles. The van der Waals surface area contributed by atoms with Crippen molar-refractivity contribution in [3.05, 3.63) is 17.0 Å². The fraction of sp³-hybridized carbons (Fsp3) is 0.769. The van der Waals surface area contributed by atoms with E-state index in [2.05, 4.69) is 23.6 Å². The van der Waals surface area contributed by atoms with Crippen molar-refractivity contribution >= 4 is 0 Å². The quantitative estimate of drug-likeness (QED) is 0.802. The van der Waals surface area contributed by atoms with Crippen molar-refractivity contribution in [3.8, 4) is 0 Å². The average Bonchev–Trinajstić information content (AvgIpc) is 3.06. The molecule has 0 saturated heterocycles. The van der Waals surface area contributed by atoms with Crippen LogP contribution in [0.5, 0.6) is 0 Å². The lowest BCUT2D eigenvalue weighted by molar-refractivity contribution is 0.279. The molecular weight excluding hydrogens is 200 g/mol. The van der Waals surface area contributed by atoms with Gasteiger partial charge in [0.2, 0.25) is 0 Å². The van der Waals surface area contributed by atoms with E-state index < -0.39 is 0 Å². The Kier molecular flexibility index (Phi) is 3.64. The van der Waals surface area contributed by atoms with Gasteiger partial charge in [0.05, 0.1) is 12.3 Å². The molecule has 1 aromatic heterocycles. The molecule has 0 atom stereocenters. The zero-order valence-electron chi connectivity index (χ0n) is 10.4. The predicted octanol–water partition coefficient (Wildman–Crippen LogP) is 2.30. The van der Waals surface area contributed by atoms with Gasteiger partial charge in [-0.05, 0) is 25.2 Å². The Morgan fingerprint density at radius 2 is 2.06 bits per heavy atom. The van der Waals surface area contributed by atoms with E-state index in [4.69, 9.17) is 0 Å². The molecule has 0 bridgehead atoms. The van der Waals surface area contributed by atoms with E-state index in [1.165, 1.54) is 25.0 Å². The van der Waals surface area contributed by atoms with E-state index in [1.807, 2.05) is 0 Å². The first-order valence-electron chi connectivity index (χ1n) is 6.48. The van der Waals surface area contributed by atoms with E-state index in [0.29, 0.717) is 0 Å². The lowest BCUT2D eigenvalue weighted by Gasteiger charge is -2.06. The minimum Gasteiger partial charge on any atom is -0.392 e. The largest absolute Gasteiger partial charge is 0.392 e. The molecule has 2 rings (SSSR count). The minimum atomic E-state index is 0.135. The molecular formula is C13H22N2O. The highest BCUT2D eigenvalue weighted by Gasteiger charge is 2.22. The van der Waals surface area contributed by atoms with Crippen LogP contribution in [0.3, 0.4) is 0 Å². The highest BCUT2D eigenvalue weighted by Crippen LogP contribution is 2.33. The standard InChI is InChI=1S/C13H22N2O/c1-3-12-11(9-16)13(4-2)15(14-12)8-7-10-5-6-10/h10,16H,3-9H2,1-2H3. The molecule has 1 aromatic rings. The minimum absolute atomic E-state index is 0.135. The van der Waals surface area contributed by atoms with Crippen molar-refractivity contribution < 1.29 is 5.11 Å². The van der Waals surface area contributed by atoms with Crippen molar-refractivity contribution in [2.75, 3.05) is 0 Å². The molecule has 1 aliphatic rings. The van der Waals surface area contributed by atoms with E-state index in [-0.39, 0.29) is 6.61 Å². The Morgan fingerprint density at radius 1 is 1.31 bits per heavy atom. The van der Waals surface area contributed by atoms with E-state index in [0.717, 1.165) is 36.6 Å². The van der Waals surface area contributed by atoms with E-state index in [9.17, 15) is 5.11 Å². The maximum atomic E-state index is 9.41. The van der Waals surface area contributed by atoms with Crippen LogP contribution in [0.1, 0.15) is 50.1 Å². The molecule has 0 spiro atoms. The second-order valence-corrected chi connectivity index (χ2v) is 4.69. The van der Waals surface area contributed by atoms with Crippen LogP contribution < -0.4 is 0 Å². The predicted molar refractivity (Wildman–Crippen MR) is 64.2 cm³/mol. The van der Waals surface area contributed by atoms with Gasteiger partial charge < -0.3 is 5.11 Å². The van der Waals surface area contributed by atoms with Crippen LogP contribution in [-0.4, -0.2) is 14.9 Å². The van der Waals surface area contributed by atoms with Crippen molar-refractivity contribution in [3.63, 3.8) is 0 Å². The van der Waals surface area contributed by atoms with E-state index >= 15 is 0 Å². The number of hydrogen-bond donors (Lipinski definition) is 1. The Labute approximate surface area is 97.5 Å². The molecule has 3 nitrogen and oxygen atoms in total. The lowest BCUT2D eigenvalue weighted by atomic mass is 10.1. The van der Waals surface area contributed by atoms with Crippen LogP contribution in [-0.2, 0) is 26.0 Å². The summed E-state index contributed by atoms with van der Waals surface area (Å²) >= 11 is 0. The third-order valence-corrected chi connectivity index (χ3v) is 3.52. The highest BCUT2D eigenvalue weighted by molar-refractivity contribution is 5.26. The molecule has 0 amide bonds. The van der Waals surface area contributed by atoms with Gasteiger partial charge >= 0.3 is 0 Å².